The summed E-state index contributed by atoms with van der Waals surface area (Å²) in [6, 6.07) is 10.3. The molecule has 2 aliphatic rings. The summed E-state index contributed by atoms with van der Waals surface area (Å²) >= 11 is 0. The van der Waals surface area contributed by atoms with Gasteiger partial charge in [-0.15, -0.1) is 0 Å². The van der Waals surface area contributed by atoms with Gasteiger partial charge in [-0.1, -0.05) is 6.07 Å². The molecule has 1 N–H and O–H groups in total. The number of ether oxygens (including phenoxy) is 2. The summed E-state index contributed by atoms with van der Waals surface area (Å²) in [5, 5.41) is 0. The number of benzene rings is 2. The van der Waals surface area contributed by atoms with Crippen LogP contribution in [-0.2, 0) is 20.0 Å². The second-order valence-electron chi connectivity index (χ2n) is 7.59. The van der Waals surface area contributed by atoms with Gasteiger partial charge in [-0.25, -0.2) is 21.6 Å². The van der Waals surface area contributed by atoms with Crippen LogP contribution in [0.3, 0.4) is 0 Å². The molecular weight excluding hydrogens is 470 g/mol. The van der Waals surface area contributed by atoms with E-state index < -0.39 is 20.0 Å². The molecule has 0 spiro atoms. The monoisotopic (exact) mass is 495 g/mol. The molecule has 2 aromatic rings. The summed E-state index contributed by atoms with van der Waals surface area (Å²) in [6.07, 6.45) is 0.719. The molecule has 0 radical (unpaired) electrons. The molecule has 0 bridgehead atoms. The highest BCUT2D eigenvalue weighted by atomic mass is 32.2. The number of piperazine rings is 1. The SMILES string of the molecule is CNS(=O)(=O)c1cccc(C(=O)N2CCN(S(=O)(=O)c3ccc4c(c3)OCCCO4)CC2)c1. The second-order valence-corrected chi connectivity index (χ2v) is 11.4. The van der Waals surface area contributed by atoms with Gasteiger partial charge in [0.15, 0.2) is 11.5 Å². The lowest BCUT2D eigenvalue weighted by atomic mass is 10.2. The Morgan fingerprint density at radius 3 is 2.27 bits per heavy atom. The molecule has 12 heteroatoms. The number of fused-ring (bicyclic) bond motifs is 1. The Bertz CT molecular complexity index is 1250. The van der Waals surface area contributed by atoms with E-state index in [0.29, 0.717) is 24.7 Å². The molecule has 33 heavy (non-hydrogen) atoms. The van der Waals surface area contributed by atoms with Gasteiger partial charge in [0.25, 0.3) is 5.91 Å². The summed E-state index contributed by atoms with van der Waals surface area (Å²) in [6.45, 7) is 1.58. The van der Waals surface area contributed by atoms with Gasteiger partial charge in [0.1, 0.15) is 0 Å². The average molecular weight is 496 g/mol. The predicted molar refractivity (Wildman–Crippen MR) is 119 cm³/mol. The van der Waals surface area contributed by atoms with E-state index in [-0.39, 0.29) is 47.4 Å². The Morgan fingerprint density at radius 2 is 1.58 bits per heavy atom. The topological polar surface area (TPSA) is 122 Å². The quantitative estimate of drug-likeness (QED) is 0.654. The maximum atomic E-state index is 13.1. The first-order chi connectivity index (χ1) is 15.7. The highest BCUT2D eigenvalue weighted by Crippen LogP contribution is 2.33. The summed E-state index contributed by atoms with van der Waals surface area (Å²) in [5.74, 6) is 0.568. The Labute approximate surface area is 193 Å². The number of carbonyl (C=O) groups excluding carboxylic acids is 1. The molecule has 0 atom stereocenters. The zero-order valence-corrected chi connectivity index (χ0v) is 19.7. The highest BCUT2D eigenvalue weighted by Gasteiger charge is 2.31. The zero-order valence-electron chi connectivity index (χ0n) is 18.1. The van der Waals surface area contributed by atoms with E-state index in [1.165, 1.54) is 52.7 Å². The largest absolute Gasteiger partial charge is 0.490 e. The van der Waals surface area contributed by atoms with Gasteiger partial charge in [-0.2, -0.15) is 4.31 Å². The fraction of sp³-hybridized carbons (Fsp3) is 0.381. The van der Waals surface area contributed by atoms with Crippen LogP contribution in [-0.4, -0.2) is 78.4 Å². The Hall–Kier alpha value is -2.67. The van der Waals surface area contributed by atoms with Crippen LogP contribution in [0.1, 0.15) is 16.8 Å². The minimum atomic E-state index is -3.78. The number of nitrogens with one attached hydrogen (secondary N) is 1. The smallest absolute Gasteiger partial charge is 0.253 e. The lowest BCUT2D eigenvalue weighted by Gasteiger charge is -2.34. The number of amides is 1. The van der Waals surface area contributed by atoms with Crippen LogP contribution >= 0.6 is 0 Å². The maximum absolute atomic E-state index is 13.1. The van der Waals surface area contributed by atoms with Crippen LogP contribution in [0, 0.1) is 0 Å². The van der Waals surface area contributed by atoms with Crippen LogP contribution in [0.15, 0.2) is 52.3 Å². The molecule has 1 saturated heterocycles. The van der Waals surface area contributed by atoms with Crippen molar-refractivity contribution >= 4 is 26.0 Å². The number of nitrogens with zero attached hydrogens (tertiary/aromatic N) is 2. The molecule has 2 heterocycles. The van der Waals surface area contributed by atoms with E-state index in [4.69, 9.17) is 9.47 Å². The van der Waals surface area contributed by atoms with Crippen molar-refractivity contribution in [2.75, 3.05) is 46.4 Å². The number of carbonyl (C=O) groups is 1. The van der Waals surface area contributed by atoms with E-state index in [1.807, 2.05) is 0 Å². The normalized spacial score (nSPS) is 17.4. The van der Waals surface area contributed by atoms with Crippen molar-refractivity contribution < 1.29 is 31.1 Å². The van der Waals surface area contributed by atoms with Gasteiger partial charge in [0.05, 0.1) is 23.0 Å². The molecule has 0 unspecified atom stereocenters. The molecule has 10 nitrogen and oxygen atoms in total. The van der Waals surface area contributed by atoms with Crippen molar-refractivity contribution in [3.8, 4) is 11.5 Å². The van der Waals surface area contributed by atoms with Crippen LogP contribution in [0.2, 0.25) is 0 Å². The molecule has 2 aliphatic heterocycles. The van der Waals surface area contributed by atoms with Crippen LogP contribution < -0.4 is 14.2 Å². The highest BCUT2D eigenvalue weighted by molar-refractivity contribution is 7.89. The Kier molecular flexibility index (Phi) is 6.61. The van der Waals surface area contributed by atoms with Gasteiger partial charge >= 0.3 is 0 Å². The first kappa shape index (κ1) is 23.5. The third-order valence-corrected chi connectivity index (χ3v) is 8.85. The predicted octanol–water partition coefficient (Wildman–Crippen LogP) is 0.903. The van der Waals surface area contributed by atoms with E-state index in [9.17, 15) is 21.6 Å². The van der Waals surface area contributed by atoms with E-state index >= 15 is 0 Å². The molecule has 4 rings (SSSR count). The zero-order chi connectivity index (χ0) is 23.6. The van der Waals surface area contributed by atoms with Crippen molar-refractivity contribution in [3.05, 3.63) is 48.0 Å². The van der Waals surface area contributed by atoms with Gasteiger partial charge < -0.3 is 14.4 Å². The van der Waals surface area contributed by atoms with Gasteiger partial charge in [0, 0.05) is 44.2 Å². The maximum Gasteiger partial charge on any atom is 0.253 e. The fourth-order valence-electron chi connectivity index (χ4n) is 3.68. The van der Waals surface area contributed by atoms with E-state index in [1.54, 1.807) is 6.07 Å². The molecule has 1 amide bonds. The van der Waals surface area contributed by atoms with Crippen molar-refractivity contribution in [1.29, 1.82) is 0 Å². The van der Waals surface area contributed by atoms with Crippen LogP contribution in [0.25, 0.3) is 0 Å². The number of hydrogen-bond acceptors (Lipinski definition) is 7. The second kappa shape index (κ2) is 9.29. The third-order valence-electron chi connectivity index (χ3n) is 5.54. The molecule has 1 fully saturated rings. The first-order valence-electron chi connectivity index (χ1n) is 10.4. The minimum Gasteiger partial charge on any atom is -0.490 e. The summed E-state index contributed by atoms with van der Waals surface area (Å²) in [5.41, 5.74) is 0.227. The van der Waals surface area contributed by atoms with Crippen molar-refractivity contribution in [2.45, 2.75) is 16.2 Å². The number of hydrogen-bond donors (Lipinski definition) is 1. The summed E-state index contributed by atoms with van der Waals surface area (Å²) < 4.78 is 65.1. The summed E-state index contributed by atoms with van der Waals surface area (Å²) in [7, 11) is -6.16. The fourth-order valence-corrected chi connectivity index (χ4v) is 5.90. The van der Waals surface area contributed by atoms with Gasteiger partial charge in [0.2, 0.25) is 20.0 Å². The van der Waals surface area contributed by atoms with Crippen molar-refractivity contribution in [3.63, 3.8) is 0 Å². The number of sulfonamides is 2. The standard InChI is InChI=1S/C21H25N3O7S2/c1-22-32(26,27)17-5-2-4-16(14-17)21(25)23-8-10-24(11-9-23)33(28,29)18-6-7-19-20(15-18)31-13-3-12-30-19/h2,4-7,14-15,22H,3,8-13H2,1H3. The van der Waals surface area contributed by atoms with E-state index in [2.05, 4.69) is 4.72 Å². The Balaban J connectivity index is 1.46. The molecule has 0 aromatic heterocycles. The molecular formula is C21H25N3O7S2. The number of rotatable bonds is 5. The lowest BCUT2D eigenvalue weighted by Crippen LogP contribution is -2.50. The van der Waals surface area contributed by atoms with Crippen LogP contribution in [0.4, 0.5) is 0 Å². The van der Waals surface area contributed by atoms with Gasteiger partial charge in [-0.3, -0.25) is 4.79 Å². The van der Waals surface area contributed by atoms with Crippen LogP contribution in [0.5, 0.6) is 11.5 Å². The Morgan fingerprint density at radius 1 is 0.879 bits per heavy atom. The van der Waals surface area contributed by atoms with E-state index in [0.717, 1.165) is 6.42 Å². The summed E-state index contributed by atoms with van der Waals surface area (Å²) in [4.78, 5) is 14.5. The minimum absolute atomic E-state index is 0.00790. The average Bonchev–Trinajstić information content (AvgIpc) is 3.08. The third kappa shape index (κ3) is 4.83. The van der Waals surface area contributed by atoms with Crippen molar-refractivity contribution in [1.82, 2.24) is 13.9 Å². The molecule has 178 valence electrons. The molecule has 0 saturated carbocycles. The first-order valence-corrected chi connectivity index (χ1v) is 13.4. The molecule has 0 aliphatic carbocycles. The molecule has 2 aromatic carbocycles. The van der Waals surface area contributed by atoms with Crippen molar-refractivity contribution in [2.24, 2.45) is 0 Å². The van der Waals surface area contributed by atoms with Gasteiger partial charge in [-0.05, 0) is 37.4 Å². The lowest BCUT2D eigenvalue weighted by molar-refractivity contribution is 0.0697.